The van der Waals surface area contributed by atoms with E-state index < -0.39 is 0 Å². The SMILES string of the molecule is c1ccc2c(c1)Sc1ccc3c([nH]c4ccc5ccccc5c43)c1S2. The number of aromatic nitrogens is 1. The van der Waals surface area contributed by atoms with Crippen molar-refractivity contribution in [3.8, 4) is 0 Å². The van der Waals surface area contributed by atoms with Gasteiger partial charge in [0.15, 0.2) is 0 Å². The Kier molecular flexibility index (Phi) is 2.81. The Morgan fingerprint density at radius 2 is 1.40 bits per heavy atom. The van der Waals surface area contributed by atoms with Gasteiger partial charge in [-0.1, -0.05) is 72.1 Å². The van der Waals surface area contributed by atoms with Crippen molar-refractivity contribution >= 4 is 56.1 Å². The predicted octanol–water partition coefficient (Wildman–Crippen LogP) is 7.09. The maximum absolute atomic E-state index is 3.69. The zero-order valence-corrected chi connectivity index (χ0v) is 14.9. The summed E-state index contributed by atoms with van der Waals surface area (Å²) in [5.74, 6) is 0. The highest BCUT2D eigenvalue weighted by atomic mass is 32.2. The third-order valence-electron chi connectivity index (χ3n) is 4.86. The number of rotatable bonds is 0. The van der Waals surface area contributed by atoms with Gasteiger partial charge < -0.3 is 4.98 Å². The maximum Gasteiger partial charge on any atom is 0.0618 e. The van der Waals surface area contributed by atoms with E-state index in [1.807, 2.05) is 23.5 Å². The van der Waals surface area contributed by atoms with Crippen LogP contribution in [0.1, 0.15) is 0 Å². The largest absolute Gasteiger partial charge is 0.354 e. The first-order chi connectivity index (χ1) is 12.4. The third kappa shape index (κ3) is 1.94. The molecule has 0 aliphatic carbocycles. The van der Waals surface area contributed by atoms with Gasteiger partial charge in [-0.15, -0.1) is 0 Å². The second kappa shape index (κ2) is 5.07. The molecule has 0 fully saturated rings. The van der Waals surface area contributed by atoms with Crippen molar-refractivity contribution in [2.24, 2.45) is 0 Å². The van der Waals surface area contributed by atoms with Gasteiger partial charge in [-0.05, 0) is 35.0 Å². The molecule has 1 aromatic heterocycles. The molecule has 0 saturated heterocycles. The van der Waals surface area contributed by atoms with Crippen LogP contribution in [0.3, 0.4) is 0 Å². The van der Waals surface area contributed by atoms with Crippen LogP contribution in [0.5, 0.6) is 0 Å². The van der Waals surface area contributed by atoms with E-state index in [0.29, 0.717) is 0 Å². The van der Waals surface area contributed by atoms with E-state index in [1.165, 1.54) is 52.2 Å². The first-order valence-electron chi connectivity index (χ1n) is 8.29. The lowest BCUT2D eigenvalue weighted by atomic mass is 10.0. The van der Waals surface area contributed by atoms with Gasteiger partial charge in [0.05, 0.1) is 10.4 Å². The third-order valence-corrected chi connectivity index (χ3v) is 7.46. The van der Waals surface area contributed by atoms with Crippen molar-refractivity contribution in [1.82, 2.24) is 4.98 Å². The van der Waals surface area contributed by atoms with Gasteiger partial charge in [-0.25, -0.2) is 0 Å². The summed E-state index contributed by atoms with van der Waals surface area (Å²) in [5.41, 5.74) is 2.47. The molecule has 1 nitrogen and oxygen atoms in total. The average molecular weight is 355 g/mol. The lowest BCUT2D eigenvalue weighted by molar-refractivity contribution is 1.17. The fraction of sp³-hybridized carbons (Fsp3) is 0. The lowest BCUT2D eigenvalue weighted by Gasteiger charge is -2.18. The van der Waals surface area contributed by atoms with E-state index in [9.17, 15) is 0 Å². The minimum Gasteiger partial charge on any atom is -0.354 e. The lowest BCUT2D eigenvalue weighted by Crippen LogP contribution is -1.90. The van der Waals surface area contributed by atoms with Crippen molar-refractivity contribution in [1.29, 1.82) is 0 Å². The van der Waals surface area contributed by atoms with Gasteiger partial charge in [-0.2, -0.15) is 0 Å². The highest BCUT2D eigenvalue weighted by Gasteiger charge is 2.21. The van der Waals surface area contributed by atoms with Gasteiger partial charge in [-0.3, -0.25) is 0 Å². The van der Waals surface area contributed by atoms with E-state index in [4.69, 9.17) is 0 Å². The molecule has 0 saturated carbocycles. The van der Waals surface area contributed by atoms with Crippen molar-refractivity contribution in [3.63, 3.8) is 0 Å². The molecule has 5 aromatic rings. The number of fused-ring (bicyclic) bond motifs is 8. The number of hydrogen-bond acceptors (Lipinski definition) is 2. The summed E-state index contributed by atoms with van der Waals surface area (Å²) in [6.07, 6.45) is 0. The van der Waals surface area contributed by atoms with Gasteiger partial charge in [0, 0.05) is 31.0 Å². The van der Waals surface area contributed by atoms with Crippen molar-refractivity contribution in [2.45, 2.75) is 19.6 Å². The standard InChI is InChI=1S/C22H13NS2/c1-2-6-14-13(5-1)9-11-16-20(14)15-10-12-19-22(21(15)23-16)25-18-8-4-3-7-17(18)24-19/h1-12,23H. The van der Waals surface area contributed by atoms with E-state index in [1.54, 1.807) is 0 Å². The van der Waals surface area contributed by atoms with Crippen LogP contribution in [-0.2, 0) is 0 Å². The molecule has 0 atom stereocenters. The zero-order chi connectivity index (χ0) is 16.4. The minimum absolute atomic E-state index is 1.21. The Morgan fingerprint density at radius 3 is 2.32 bits per heavy atom. The second-order valence-electron chi connectivity index (χ2n) is 6.30. The van der Waals surface area contributed by atoms with Crippen LogP contribution in [0, 0.1) is 0 Å². The number of hydrogen-bond donors (Lipinski definition) is 1. The predicted molar refractivity (Wildman–Crippen MR) is 108 cm³/mol. The topological polar surface area (TPSA) is 15.8 Å². The molecule has 2 heterocycles. The summed E-state index contributed by atoms with van der Waals surface area (Å²) in [5, 5.41) is 5.26. The quantitative estimate of drug-likeness (QED) is 0.313. The molecule has 3 heteroatoms. The maximum atomic E-state index is 3.69. The molecule has 4 aromatic carbocycles. The Hall–Kier alpha value is -2.36. The van der Waals surface area contributed by atoms with Gasteiger partial charge in [0.2, 0.25) is 0 Å². The van der Waals surface area contributed by atoms with Gasteiger partial charge >= 0.3 is 0 Å². The van der Waals surface area contributed by atoms with Crippen LogP contribution in [-0.4, -0.2) is 4.98 Å². The molecule has 0 bridgehead atoms. The average Bonchev–Trinajstić information content (AvgIpc) is 3.06. The van der Waals surface area contributed by atoms with Crippen LogP contribution in [0.2, 0.25) is 0 Å². The van der Waals surface area contributed by atoms with Crippen molar-refractivity contribution in [3.05, 3.63) is 72.8 Å². The van der Waals surface area contributed by atoms with Crippen molar-refractivity contribution < 1.29 is 0 Å². The molecule has 0 amide bonds. The Labute approximate surface area is 153 Å². The monoisotopic (exact) mass is 355 g/mol. The Balaban J connectivity index is 1.71. The number of aromatic amines is 1. The number of benzene rings is 4. The highest BCUT2D eigenvalue weighted by Crippen LogP contribution is 2.51. The number of nitrogens with one attached hydrogen (secondary N) is 1. The van der Waals surface area contributed by atoms with Crippen LogP contribution >= 0.6 is 23.5 Å². The molecule has 1 aliphatic rings. The van der Waals surface area contributed by atoms with Gasteiger partial charge in [0.1, 0.15) is 0 Å². The summed E-state index contributed by atoms with van der Waals surface area (Å²) in [6.45, 7) is 0. The molecule has 6 rings (SSSR count). The first-order valence-corrected chi connectivity index (χ1v) is 9.93. The van der Waals surface area contributed by atoms with E-state index in [0.717, 1.165) is 0 Å². The molecular weight excluding hydrogens is 342 g/mol. The summed E-state index contributed by atoms with van der Waals surface area (Å²) in [4.78, 5) is 9.07. The first kappa shape index (κ1) is 13.9. The molecule has 118 valence electrons. The normalized spacial score (nSPS) is 13.3. The van der Waals surface area contributed by atoms with Crippen LogP contribution < -0.4 is 0 Å². The molecule has 0 unspecified atom stereocenters. The Bertz CT molecular complexity index is 1300. The zero-order valence-electron chi connectivity index (χ0n) is 13.2. The van der Waals surface area contributed by atoms with E-state index in [2.05, 4.69) is 77.8 Å². The molecule has 0 spiro atoms. The summed E-state index contributed by atoms with van der Waals surface area (Å²) in [7, 11) is 0. The summed E-state index contributed by atoms with van der Waals surface area (Å²) < 4.78 is 0. The minimum atomic E-state index is 1.21. The second-order valence-corrected chi connectivity index (χ2v) is 8.44. The summed E-state index contributed by atoms with van der Waals surface area (Å²) in [6, 6.07) is 26.3. The van der Waals surface area contributed by atoms with Crippen LogP contribution in [0.25, 0.3) is 32.6 Å². The molecule has 25 heavy (non-hydrogen) atoms. The molecular formula is C22H13NS2. The molecule has 1 aliphatic heterocycles. The van der Waals surface area contributed by atoms with Crippen LogP contribution in [0.4, 0.5) is 0 Å². The fourth-order valence-corrected chi connectivity index (χ4v) is 6.08. The summed E-state index contributed by atoms with van der Waals surface area (Å²) >= 11 is 3.75. The smallest absolute Gasteiger partial charge is 0.0618 e. The van der Waals surface area contributed by atoms with E-state index >= 15 is 0 Å². The molecule has 1 N–H and O–H groups in total. The highest BCUT2D eigenvalue weighted by molar-refractivity contribution is 8.05. The van der Waals surface area contributed by atoms with E-state index in [-0.39, 0.29) is 0 Å². The Morgan fingerprint density at radius 1 is 0.600 bits per heavy atom. The van der Waals surface area contributed by atoms with Crippen molar-refractivity contribution in [2.75, 3.05) is 0 Å². The fourth-order valence-electron chi connectivity index (χ4n) is 3.73. The van der Waals surface area contributed by atoms with Gasteiger partial charge in [0.25, 0.3) is 0 Å². The van der Waals surface area contributed by atoms with Crippen LogP contribution in [0.15, 0.2) is 92.4 Å². The number of H-pyrrole nitrogens is 1. The molecule has 0 radical (unpaired) electrons.